The topological polar surface area (TPSA) is 55.1 Å². The van der Waals surface area contributed by atoms with Gasteiger partial charge in [0.05, 0.1) is 0 Å². The van der Waals surface area contributed by atoms with Crippen LogP contribution in [-0.4, -0.2) is 17.6 Å². The molecular weight excluding hydrogens is 271 g/mol. The van der Waals surface area contributed by atoms with Crippen molar-refractivity contribution >= 4 is 5.91 Å². The number of aromatic nitrogens is 1. The minimum Gasteiger partial charge on any atom is -0.360 e. The summed E-state index contributed by atoms with van der Waals surface area (Å²) in [5.41, 5.74) is 0.805. The van der Waals surface area contributed by atoms with Crippen LogP contribution in [0, 0.1) is 18.7 Å². The third-order valence-electron chi connectivity index (χ3n) is 3.23. The maximum Gasteiger partial charge on any atom is 0.257 e. The molecule has 0 spiro atoms. The first-order valence-corrected chi connectivity index (χ1v) is 7.00. The molecule has 1 heterocycles. The van der Waals surface area contributed by atoms with Crippen molar-refractivity contribution in [2.75, 3.05) is 6.54 Å². The molecule has 0 atom stereocenters. The van der Waals surface area contributed by atoms with Gasteiger partial charge in [0, 0.05) is 12.1 Å². The van der Waals surface area contributed by atoms with Gasteiger partial charge in [-0.25, -0.2) is 4.39 Å². The molecule has 0 aliphatic carbocycles. The molecule has 0 unspecified atom stereocenters. The highest BCUT2D eigenvalue weighted by Crippen LogP contribution is 2.27. The molecule has 112 valence electrons. The van der Waals surface area contributed by atoms with Crippen LogP contribution in [0.15, 0.2) is 28.8 Å². The highest BCUT2D eigenvalue weighted by Gasteiger charge is 2.23. The van der Waals surface area contributed by atoms with E-state index in [0.29, 0.717) is 23.8 Å². The zero-order valence-corrected chi connectivity index (χ0v) is 12.4. The van der Waals surface area contributed by atoms with Crippen molar-refractivity contribution in [3.05, 3.63) is 41.4 Å². The molecule has 0 bridgehead atoms. The van der Waals surface area contributed by atoms with E-state index in [1.54, 1.807) is 25.1 Å². The molecule has 0 fully saturated rings. The van der Waals surface area contributed by atoms with Crippen LogP contribution >= 0.6 is 0 Å². The van der Waals surface area contributed by atoms with Gasteiger partial charge in [-0.15, -0.1) is 0 Å². The van der Waals surface area contributed by atoms with Gasteiger partial charge in [-0.2, -0.15) is 0 Å². The maximum absolute atomic E-state index is 13.9. The van der Waals surface area contributed by atoms with E-state index in [0.717, 1.165) is 6.42 Å². The van der Waals surface area contributed by atoms with Gasteiger partial charge in [0.1, 0.15) is 22.8 Å². The van der Waals surface area contributed by atoms with Crippen molar-refractivity contribution in [2.45, 2.75) is 27.2 Å². The Balaban J connectivity index is 2.26. The standard InChI is InChI=1S/C16H19FN2O2/c1-10(2)8-9-18-16(20)14-11(3)21-19-15(14)12-6-4-5-7-13(12)17/h4-7,10H,8-9H2,1-3H3,(H,18,20). The molecule has 0 aliphatic heterocycles. The SMILES string of the molecule is Cc1onc(-c2ccccc2F)c1C(=O)NCCC(C)C. The number of halogens is 1. The minimum absolute atomic E-state index is 0.243. The highest BCUT2D eigenvalue weighted by molar-refractivity contribution is 6.00. The summed E-state index contributed by atoms with van der Waals surface area (Å²) in [5.74, 6) is 0.171. The Labute approximate surface area is 123 Å². The fourth-order valence-electron chi connectivity index (χ4n) is 2.04. The van der Waals surface area contributed by atoms with Crippen molar-refractivity contribution in [1.29, 1.82) is 0 Å². The average molecular weight is 290 g/mol. The largest absolute Gasteiger partial charge is 0.360 e. The van der Waals surface area contributed by atoms with Crippen LogP contribution in [0.1, 0.15) is 36.4 Å². The summed E-state index contributed by atoms with van der Waals surface area (Å²) < 4.78 is 18.9. The Hall–Kier alpha value is -2.17. The van der Waals surface area contributed by atoms with Gasteiger partial charge < -0.3 is 9.84 Å². The number of rotatable bonds is 5. The van der Waals surface area contributed by atoms with Crippen LogP contribution in [0.5, 0.6) is 0 Å². The predicted molar refractivity (Wildman–Crippen MR) is 78.4 cm³/mol. The third-order valence-corrected chi connectivity index (χ3v) is 3.23. The van der Waals surface area contributed by atoms with E-state index >= 15 is 0 Å². The van der Waals surface area contributed by atoms with Crippen molar-refractivity contribution in [3.8, 4) is 11.3 Å². The first-order chi connectivity index (χ1) is 10.0. The second-order valence-electron chi connectivity index (χ2n) is 5.38. The van der Waals surface area contributed by atoms with Gasteiger partial charge in [-0.05, 0) is 31.4 Å². The molecule has 1 aromatic carbocycles. The quantitative estimate of drug-likeness (QED) is 0.916. The molecule has 21 heavy (non-hydrogen) atoms. The molecule has 1 amide bonds. The van der Waals surface area contributed by atoms with E-state index in [4.69, 9.17) is 4.52 Å². The Bertz CT molecular complexity index is 635. The Kier molecular flexibility index (Phi) is 4.73. The smallest absolute Gasteiger partial charge is 0.257 e. The number of carbonyl (C=O) groups excluding carboxylic acids is 1. The monoisotopic (exact) mass is 290 g/mol. The molecule has 5 heteroatoms. The number of nitrogens with one attached hydrogen (secondary N) is 1. The Morgan fingerprint density at radius 3 is 2.76 bits per heavy atom. The summed E-state index contributed by atoms with van der Waals surface area (Å²) in [6.45, 7) is 6.38. The van der Waals surface area contributed by atoms with Crippen LogP contribution in [-0.2, 0) is 0 Å². The van der Waals surface area contributed by atoms with Crippen molar-refractivity contribution in [3.63, 3.8) is 0 Å². The second-order valence-corrected chi connectivity index (χ2v) is 5.38. The summed E-state index contributed by atoms with van der Waals surface area (Å²) in [5, 5.41) is 6.66. The average Bonchev–Trinajstić information content (AvgIpc) is 2.80. The normalized spacial score (nSPS) is 10.9. The fraction of sp³-hybridized carbons (Fsp3) is 0.375. The summed E-state index contributed by atoms with van der Waals surface area (Å²) >= 11 is 0. The van der Waals surface area contributed by atoms with E-state index in [9.17, 15) is 9.18 Å². The lowest BCUT2D eigenvalue weighted by Gasteiger charge is -2.07. The van der Waals surface area contributed by atoms with Gasteiger partial charge in [0.15, 0.2) is 0 Å². The zero-order valence-electron chi connectivity index (χ0n) is 12.4. The molecule has 4 nitrogen and oxygen atoms in total. The van der Waals surface area contributed by atoms with Gasteiger partial charge >= 0.3 is 0 Å². The Morgan fingerprint density at radius 2 is 2.10 bits per heavy atom. The fourth-order valence-corrected chi connectivity index (χ4v) is 2.04. The molecule has 1 N–H and O–H groups in total. The lowest BCUT2D eigenvalue weighted by atomic mass is 10.0. The number of aryl methyl sites for hydroxylation is 1. The van der Waals surface area contributed by atoms with Crippen LogP contribution in [0.4, 0.5) is 4.39 Å². The zero-order chi connectivity index (χ0) is 15.4. The van der Waals surface area contributed by atoms with E-state index in [2.05, 4.69) is 24.3 Å². The molecule has 0 aliphatic rings. The number of hydrogen-bond donors (Lipinski definition) is 1. The molecule has 2 rings (SSSR count). The summed E-state index contributed by atoms with van der Waals surface area (Å²) in [6, 6.07) is 6.20. The van der Waals surface area contributed by atoms with Crippen LogP contribution < -0.4 is 5.32 Å². The van der Waals surface area contributed by atoms with E-state index in [1.807, 2.05) is 0 Å². The highest BCUT2D eigenvalue weighted by atomic mass is 19.1. The third kappa shape index (κ3) is 3.48. The van der Waals surface area contributed by atoms with Crippen LogP contribution in [0.3, 0.4) is 0 Å². The summed E-state index contributed by atoms with van der Waals surface area (Å²) in [6.07, 6.45) is 0.880. The van der Waals surface area contributed by atoms with E-state index in [1.165, 1.54) is 6.07 Å². The molecule has 0 radical (unpaired) electrons. The van der Waals surface area contributed by atoms with Crippen molar-refractivity contribution < 1.29 is 13.7 Å². The molecule has 1 aromatic heterocycles. The lowest BCUT2D eigenvalue weighted by molar-refractivity contribution is 0.0951. The molecule has 0 saturated carbocycles. The van der Waals surface area contributed by atoms with Crippen molar-refractivity contribution in [2.24, 2.45) is 5.92 Å². The lowest BCUT2D eigenvalue weighted by Crippen LogP contribution is -2.26. The van der Waals surface area contributed by atoms with E-state index < -0.39 is 5.82 Å². The maximum atomic E-state index is 13.9. The first-order valence-electron chi connectivity index (χ1n) is 7.00. The summed E-state index contributed by atoms with van der Waals surface area (Å²) in [4.78, 5) is 12.3. The van der Waals surface area contributed by atoms with Gasteiger partial charge in [-0.3, -0.25) is 4.79 Å². The number of hydrogen-bond acceptors (Lipinski definition) is 3. The molecule has 0 saturated heterocycles. The minimum atomic E-state index is -0.429. The Morgan fingerprint density at radius 1 is 1.38 bits per heavy atom. The first kappa shape index (κ1) is 15.2. The molecule has 2 aromatic rings. The van der Waals surface area contributed by atoms with Gasteiger partial charge in [0.25, 0.3) is 5.91 Å². The second kappa shape index (κ2) is 6.52. The number of nitrogens with zero attached hydrogens (tertiary/aromatic N) is 1. The van der Waals surface area contributed by atoms with Gasteiger partial charge in [0.2, 0.25) is 0 Å². The number of carbonyl (C=O) groups is 1. The van der Waals surface area contributed by atoms with Crippen LogP contribution in [0.2, 0.25) is 0 Å². The number of benzene rings is 1. The predicted octanol–water partition coefficient (Wildman–Crippen LogP) is 3.57. The van der Waals surface area contributed by atoms with Gasteiger partial charge in [-0.1, -0.05) is 31.1 Å². The number of amides is 1. The molecular formula is C16H19FN2O2. The summed E-state index contributed by atoms with van der Waals surface area (Å²) in [7, 11) is 0. The van der Waals surface area contributed by atoms with Crippen LogP contribution in [0.25, 0.3) is 11.3 Å². The van der Waals surface area contributed by atoms with E-state index in [-0.39, 0.29) is 17.2 Å². The van der Waals surface area contributed by atoms with Crippen molar-refractivity contribution in [1.82, 2.24) is 10.5 Å².